The smallest absolute Gasteiger partial charge is 0.191 e. The Labute approximate surface area is 134 Å². The fraction of sp³-hybridized carbons (Fsp3) is 0.467. The van der Waals surface area contributed by atoms with Crippen molar-refractivity contribution in [3.8, 4) is 0 Å². The molecule has 1 aliphatic rings. The lowest BCUT2D eigenvalue weighted by atomic mass is 10.3. The van der Waals surface area contributed by atoms with E-state index in [0.717, 1.165) is 29.9 Å². The second-order valence-corrected chi connectivity index (χ2v) is 6.87. The van der Waals surface area contributed by atoms with Crippen LogP contribution in [0.4, 0.5) is 11.6 Å². The first kappa shape index (κ1) is 14.7. The standard InChI is InChI=1S/C15H20N4S2/c1-3-16-13-9-14(18-15(17-13)20-2)19(11-6-7-11)10-12-5-4-8-21-12/h4-5,8-9,11H,3,6-7,10H2,1-2H3,(H,16,17,18). The monoisotopic (exact) mass is 320 g/mol. The van der Waals surface area contributed by atoms with Crippen molar-refractivity contribution in [1.29, 1.82) is 0 Å². The SMILES string of the molecule is CCNc1cc(N(Cc2cccs2)C2CC2)nc(SC)n1. The molecule has 0 amide bonds. The Hall–Kier alpha value is -1.27. The van der Waals surface area contributed by atoms with Gasteiger partial charge in [0.1, 0.15) is 11.6 Å². The van der Waals surface area contributed by atoms with Crippen molar-refractivity contribution in [2.75, 3.05) is 23.0 Å². The van der Waals surface area contributed by atoms with Crippen LogP contribution in [-0.2, 0) is 6.54 Å². The first-order valence-electron chi connectivity index (χ1n) is 7.26. The molecule has 0 unspecified atom stereocenters. The van der Waals surface area contributed by atoms with Crippen LogP contribution in [0.1, 0.15) is 24.6 Å². The summed E-state index contributed by atoms with van der Waals surface area (Å²) in [6.07, 6.45) is 4.55. The van der Waals surface area contributed by atoms with Crippen molar-refractivity contribution in [3.05, 3.63) is 28.5 Å². The van der Waals surface area contributed by atoms with Gasteiger partial charge in [-0.25, -0.2) is 9.97 Å². The van der Waals surface area contributed by atoms with Gasteiger partial charge in [-0.3, -0.25) is 0 Å². The molecule has 112 valence electrons. The van der Waals surface area contributed by atoms with Crippen LogP contribution in [-0.4, -0.2) is 28.8 Å². The molecule has 2 heterocycles. The third-order valence-electron chi connectivity index (χ3n) is 3.42. The van der Waals surface area contributed by atoms with Gasteiger partial charge in [0.25, 0.3) is 0 Å². The maximum absolute atomic E-state index is 4.72. The molecule has 0 saturated heterocycles. The lowest BCUT2D eigenvalue weighted by Crippen LogP contribution is -2.26. The molecular formula is C15H20N4S2. The summed E-state index contributed by atoms with van der Waals surface area (Å²) in [5.74, 6) is 1.96. The summed E-state index contributed by atoms with van der Waals surface area (Å²) in [7, 11) is 0. The molecule has 0 aromatic carbocycles. The van der Waals surface area contributed by atoms with Gasteiger partial charge in [-0.05, 0) is 37.5 Å². The molecule has 0 aliphatic heterocycles. The van der Waals surface area contributed by atoms with Crippen LogP contribution in [0.3, 0.4) is 0 Å². The molecule has 1 fully saturated rings. The first-order valence-corrected chi connectivity index (χ1v) is 9.36. The minimum atomic E-state index is 0.631. The van der Waals surface area contributed by atoms with E-state index in [9.17, 15) is 0 Å². The summed E-state index contributed by atoms with van der Waals surface area (Å²) in [6.45, 7) is 3.90. The van der Waals surface area contributed by atoms with Gasteiger partial charge >= 0.3 is 0 Å². The Kier molecular flexibility index (Phi) is 4.65. The van der Waals surface area contributed by atoms with E-state index in [1.165, 1.54) is 17.7 Å². The van der Waals surface area contributed by atoms with Gasteiger partial charge in [-0.15, -0.1) is 11.3 Å². The van der Waals surface area contributed by atoms with E-state index in [1.54, 1.807) is 11.8 Å². The van der Waals surface area contributed by atoms with Gasteiger partial charge in [-0.2, -0.15) is 0 Å². The molecular weight excluding hydrogens is 300 g/mol. The molecule has 6 heteroatoms. The summed E-state index contributed by atoms with van der Waals surface area (Å²) in [4.78, 5) is 13.0. The topological polar surface area (TPSA) is 41.0 Å². The highest BCUT2D eigenvalue weighted by molar-refractivity contribution is 7.98. The minimum absolute atomic E-state index is 0.631. The highest BCUT2D eigenvalue weighted by atomic mass is 32.2. The second-order valence-electron chi connectivity index (χ2n) is 5.07. The summed E-state index contributed by atoms with van der Waals surface area (Å²) in [6, 6.07) is 7.02. The molecule has 1 aliphatic carbocycles. The van der Waals surface area contributed by atoms with Gasteiger partial charge in [-0.1, -0.05) is 17.8 Å². The quantitative estimate of drug-likeness (QED) is 0.620. The number of rotatable bonds is 7. The number of anilines is 2. The summed E-state index contributed by atoms with van der Waals surface area (Å²) >= 11 is 3.40. The minimum Gasteiger partial charge on any atom is -0.370 e. The average molecular weight is 320 g/mol. The largest absolute Gasteiger partial charge is 0.370 e. The summed E-state index contributed by atoms with van der Waals surface area (Å²) < 4.78 is 0. The predicted molar refractivity (Wildman–Crippen MR) is 91.5 cm³/mol. The van der Waals surface area contributed by atoms with Crippen LogP contribution in [0, 0.1) is 0 Å². The molecule has 0 spiro atoms. The zero-order chi connectivity index (χ0) is 14.7. The third-order valence-corrected chi connectivity index (χ3v) is 4.83. The molecule has 0 radical (unpaired) electrons. The highest BCUT2D eigenvalue weighted by Gasteiger charge is 2.30. The molecule has 2 aromatic rings. The average Bonchev–Trinajstić information content (AvgIpc) is 3.21. The molecule has 4 nitrogen and oxygen atoms in total. The number of hydrogen-bond donors (Lipinski definition) is 1. The van der Waals surface area contributed by atoms with Crippen LogP contribution >= 0.6 is 23.1 Å². The van der Waals surface area contributed by atoms with Crippen molar-refractivity contribution in [2.45, 2.75) is 37.5 Å². The molecule has 21 heavy (non-hydrogen) atoms. The lowest BCUT2D eigenvalue weighted by Gasteiger charge is -2.23. The number of nitrogens with zero attached hydrogens (tertiary/aromatic N) is 3. The van der Waals surface area contributed by atoms with E-state index in [4.69, 9.17) is 4.98 Å². The van der Waals surface area contributed by atoms with Crippen molar-refractivity contribution < 1.29 is 0 Å². The predicted octanol–water partition coefficient (Wildman–Crippen LogP) is 3.86. The number of aromatic nitrogens is 2. The normalized spacial score (nSPS) is 14.2. The maximum atomic E-state index is 4.72. The molecule has 1 N–H and O–H groups in total. The number of thiophene rings is 1. The Balaban J connectivity index is 1.88. The molecule has 0 bridgehead atoms. The van der Waals surface area contributed by atoms with Gasteiger partial charge < -0.3 is 10.2 Å². The van der Waals surface area contributed by atoms with Crippen LogP contribution in [0.2, 0.25) is 0 Å². The van der Waals surface area contributed by atoms with Crippen molar-refractivity contribution >= 4 is 34.7 Å². The van der Waals surface area contributed by atoms with Crippen LogP contribution < -0.4 is 10.2 Å². The van der Waals surface area contributed by atoms with E-state index >= 15 is 0 Å². The highest BCUT2D eigenvalue weighted by Crippen LogP contribution is 2.34. The number of thioether (sulfide) groups is 1. The van der Waals surface area contributed by atoms with E-state index in [2.05, 4.69) is 45.7 Å². The van der Waals surface area contributed by atoms with E-state index in [1.807, 2.05) is 17.6 Å². The summed E-state index contributed by atoms with van der Waals surface area (Å²) in [5.41, 5.74) is 0. The number of hydrogen-bond acceptors (Lipinski definition) is 6. The van der Waals surface area contributed by atoms with Crippen molar-refractivity contribution in [2.24, 2.45) is 0 Å². The Morgan fingerprint density at radius 2 is 2.29 bits per heavy atom. The second kappa shape index (κ2) is 6.66. The Bertz CT molecular complexity index is 581. The lowest BCUT2D eigenvalue weighted by molar-refractivity contribution is 0.769. The van der Waals surface area contributed by atoms with E-state index < -0.39 is 0 Å². The van der Waals surface area contributed by atoms with Gasteiger partial charge in [0, 0.05) is 23.5 Å². The van der Waals surface area contributed by atoms with Crippen molar-refractivity contribution in [1.82, 2.24) is 9.97 Å². The Morgan fingerprint density at radius 1 is 1.43 bits per heavy atom. The summed E-state index contributed by atoms with van der Waals surface area (Å²) in [5, 5.41) is 6.28. The third kappa shape index (κ3) is 3.68. The Morgan fingerprint density at radius 3 is 2.90 bits per heavy atom. The zero-order valence-electron chi connectivity index (χ0n) is 12.4. The molecule has 1 saturated carbocycles. The molecule has 0 atom stereocenters. The zero-order valence-corrected chi connectivity index (χ0v) is 14.0. The van der Waals surface area contributed by atoms with Gasteiger partial charge in [0.05, 0.1) is 6.54 Å². The van der Waals surface area contributed by atoms with Crippen LogP contribution in [0.5, 0.6) is 0 Å². The van der Waals surface area contributed by atoms with E-state index in [-0.39, 0.29) is 0 Å². The van der Waals surface area contributed by atoms with Gasteiger partial charge in [0.2, 0.25) is 0 Å². The van der Waals surface area contributed by atoms with Crippen molar-refractivity contribution in [3.63, 3.8) is 0 Å². The molecule has 3 rings (SSSR count). The van der Waals surface area contributed by atoms with Crippen LogP contribution in [0.25, 0.3) is 0 Å². The fourth-order valence-corrected chi connectivity index (χ4v) is 3.35. The van der Waals surface area contributed by atoms with Crippen LogP contribution in [0.15, 0.2) is 28.7 Å². The number of nitrogens with one attached hydrogen (secondary N) is 1. The first-order chi connectivity index (χ1) is 10.3. The fourth-order valence-electron chi connectivity index (χ4n) is 2.28. The maximum Gasteiger partial charge on any atom is 0.191 e. The molecule has 2 aromatic heterocycles. The van der Waals surface area contributed by atoms with Gasteiger partial charge in [0.15, 0.2) is 5.16 Å². The van der Waals surface area contributed by atoms with E-state index in [0.29, 0.717) is 6.04 Å².